The predicted molar refractivity (Wildman–Crippen MR) is 88.0 cm³/mol. The van der Waals surface area contributed by atoms with E-state index in [0.29, 0.717) is 24.1 Å². The minimum Gasteiger partial charge on any atom is -0.348 e. The van der Waals surface area contributed by atoms with Crippen molar-refractivity contribution in [2.45, 2.75) is 18.9 Å². The van der Waals surface area contributed by atoms with E-state index in [4.69, 9.17) is 0 Å². The third-order valence-electron chi connectivity index (χ3n) is 3.94. The van der Waals surface area contributed by atoms with E-state index >= 15 is 0 Å². The third-order valence-corrected chi connectivity index (χ3v) is 5.71. The first kappa shape index (κ1) is 16.6. The molecule has 1 aliphatic heterocycles. The van der Waals surface area contributed by atoms with Gasteiger partial charge in [0, 0.05) is 29.9 Å². The third kappa shape index (κ3) is 4.17. The van der Waals surface area contributed by atoms with Crippen molar-refractivity contribution in [2.75, 3.05) is 11.5 Å². The van der Waals surface area contributed by atoms with E-state index in [2.05, 4.69) is 10.3 Å². The van der Waals surface area contributed by atoms with Crippen molar-refractivity contribution in [3.8, 4) is 0 Å². The number of benzene rings is 1. The van der Waals surface area contributed by atoms with Gasteiger partial charge in [-0.2, -0.15) is 0 Å². The van der Waals surface area contributed by atoms with E-state index in [1.165, 1.54) is 12.1 Å². The fraction of sp³-hybridized carbons (Fsp3) is 0.294. The number of nitrogens with zero attached hydrogens (tertiary/aromatic N) is 1. The monoisotopic (exact) mass is 348 g/mol. The zero-order valence-electron chi connectivity index (χ0n) is 12.9. The lowest BCUT2D eigenvalue weighted by atomic mass is 10.1. The number of carbonyl (C=O) groups excluding carboxylic acids is 1. The molecule has 126 valence electrons. The van der Waals surface area contributed by atoms with Crippen LogP contribution >= 0.6 is 0 Å². The van der Waals surface area contributed by atoms with Gasteiger partial charge in [-0.05, 0) is 36.2 Å². The lowest BCUT2D eigenvalue weighted by molar-refractivity contribution is 0.0941. The van der Waals surface area contributed by atoms with Crippen molar-refractivity contribution >= 4 is 15.7 Å². The Balaban J connectivity index is 1.68. The molecule has 1 unspecified atom stereocenters. The van der Waals surface area contributed by atoms with Crippen LogP contribution in [-0.4, -0.2) is 36.9 Å². The number of sulfone groups is 1. The molecule has 0 radical (unpaired) electrons. The summed E-state index contributed by atoms with van der Waals surface area (Å²) in [6.07, 6.45) is 2.47. The first-order valence-corrected chi connectivity index (χ1v) is 9.44. The first-order valence-electron chi connectivity index (χ1n) is 7.62. The summed E-state index contributed by atoms with van der Waals surface area (Å²) in [5.41, 5.74) is 2.02. The Morgan fingerprint density at radius 3 is 2.67 bits per heavy atom. The highest BCUT2D eigenvalue weighted by Crippen LogP contribution is 2.13. The van der Waals surface area contributed by atoms with Gasteiger partial charge in [0.2, 0.25) is 0 Å². The Hall–Kier alpha value is -2.28. The van der Waals surface area contributed by atoms with Crippen LogP contribution in [0.5, 0.6) is 0 Å². The van der Waals surface area contributed by atoms with Gasteiger partial charge in [-0.15, -0.1) is 0 Å². The molecule has 1 amide bonds. The van der Waals surface area contributed by atoms with Gasteiger partial charge in [0.15, 0.2) is 9.84 Å². The summed E-state index contributed by atoms with van der Waals surface area (Å²) in [7, 11) is -3.03. The maximum Gasteiger partial charge on any atom is 0.251 e. The highest BCUT2D eigenvalue weighted by Gasteiger charge is 2.29. The molecule has 1 N–H and O–H groups in total. The van der Waals surface area contributed by atoms with Crippen LogP contribution in [0.2, 0.25) is 0 Å². The molecule has 1 fully saturated rings. The van der Waals surface area contributed by atoms with Crippen LogP contribution < -0.4 is 5.32 Å². The number of hydrogen-bond acceptors (Lipinski definition) is 4. The Bertz CT molecular complexity index is 850. The number of nitrogens with one attached hydrogen (secondary N) is 1. The number of pyridine rings is 1. The molecule has 3 rings (SSSR count). The standard InChI is InChI=1S/C17H17FN2O3S/c18-14-3-1-12(2-4-14)9-16-10-13(5-7-19-16)17(21)20-15-6-8-24(22,23)11-15/h1-5,7,10,15H,6,8-9,11H2,(H,20,21). The number of carbonyl (C=O) groups is 1. The molecular weight excluding hydrogens is 331 g/mol. The molecule has 2 aromatic rings. The van der Waals surface area contributed by atoms with E-state index in [9.17, 15) is 17.6 Å². The highest BCUT2D eigenvalue weighted by atomic mass is 32.2. The number of hydrogen-bond donors (Lipinski definition) is 1. The van der Waals surface area contributed by atoms with Gasteiger partial charge < -0.3 is 5.32 Å². The van der Waals surface area contributed by atoms with Crippen molar-refractivity contribution in [3.05, 3.63) is 65.2 Å². The Morgan fingerprint density at radius 2 is 2.00 bits per heavy atom. The molecule has 1 saturated heterocycles. The second-order valence-electron chi connectivity index (χ2n) is 5.91. The van der Waals surface area contributed by atoms with Crippen LogP contribution in [0.1, 0.15) is 28.0 Å². The summed E-state index contributed by atoms with van der Waals surface area (Å²) in [4.78, 5) is 16.5. The van der Waals surface area contributed by atoms with Crippen molar-refractivity contribution in [3.63, 3.8) is 0 Å². The number of amides is 1. The number of halogens is 1. The minimum atomic E-state index is -3.03. The quantitative estimate of drug-likeness (QED) is 0.913. The molecule has 5 nitrogen and oxygen atoms in total. The molecule has 7 heteroatoms. The van der Waals surface area contributed by atoms with Gasteiger partial charge >= 0.3 is 0 Å². The Morgan fingerprint density at radius 1 is 1.25 bits per heavy atom. The first-order chi connectivity index (χ1) is 11.4. The van der Waals surface area contributed by atoms with Gasteiger partial charge in [-0.25, -0.2) is 12.8 Å². The topological polar surface area (TPSA) is 76.1 Å². The Labute approximate surface area is 139 Å². The smallest absolute Gasteiger partial charge is 0.251 e. The molecule has 1 atom stereocenters. The summed E-state index contributed by atoms with van der Waals surface area (Å²) in [6.45, 7) is 0. The van der Waals surface area contributed by atoms with E-state index in [1.54, 1.807) is 30.5 Å². The van der Waals surface area contributed by atoms with Gasteiger partial charge in [0.25, 0.3) is 5.91 Å². The van der Waals surface area contributed by atoms with E-state index in [-0.39, 0.29) is 29.3 Å². The number of aromatic nitrogens is 1. The SMILES string of the molecule is O=C(NC1CCS(=O)(=O)C1)c1ccnc(Cc2ccc(F)cc2)c1. The normalized spacial score (nSPS) is 19.1. The second-order valence-corrected chi connectivity index (χ2v) is 8.14. The molecule has 0 spiro atoms. The summed E-state index contributed by atoms with van der Waals surface area (Å²) in [5.74, 6) is -0.498. The molecule has 1 aromatic heterocycles. The molecule has 24 heavy (non-hydrogen) atoms. The molecule has 1 aliphatic rings. The van der Waals surface area contributed by atoms with Crippen LogP contribution in [0.4, 0.5) is 4.39 Å². The van der Waals surface area contributed by atoms with Crippen LogP contribution in [0.25, 0.3) is 0 Å². The summed E-state index contributed by atoms with van der Waals surface area (Å²) in [5, 5.41) is 2.75. The zero-order valence-corrected chi connectivity index (χ0v) is 13.7. The largest absolute Gasteiger partial charge is 0.348 e. The van der Waals surface area contributed by atoms with Crippen molar-refractivity contribution in [1.82, 2.24) is 10.3 Å². The molecule has 0 saturated carbocycles. The fourth-order valence-electron chi connectivity index (χ4n) is 2.71. The molecule has 0 aliphatic carbocycles. The Kier molecular flexibility index (Phi) is 4.62. The maximum atomic E-state index is 12.9. The van der Waals surface area contributed by atoms with Crippen molar-refractivity contribution in [1.29, 1.82) is 0 Å². The fourth-order valence-corrected chi connectivity index (χ4v) is 4.38. The van der Waals surface area contributed by atoms with Crippen molar-refractivity contribution in [2.24, 2.45) is 0 Å². The van der Waals surface area contributed by atoms with Crippen LogP contribution in [0.15, 0.2) is 42.6 Å². The maximum absolute atomic E-state index is 12.9. The van der Waals surface area contributed by atoms with Gasteiger partial charge in [-0.1, -0.05) is 12.1 Å². The zero-order chi connectivity index (χ0) is 17.2. The predicted octanol–water partition coefficient (Wildman–Crippen LogP) is 1.73. The van der Waals surface area contributed by atoms with E-state index in [1.807, 2.05) is 0 Å². The summed E-state index contributed by atoms with van der Waals surface area (Å²) < 4.78 is 35.8. The lowest BCUT2D eigenvalue weighted by Gasteiger charge is -2.11. The lowest BCUT2D eigenvalue weighted by Crippen LogP contribution is -2.35. The van der Waals surface area contributed by atoms with Gasteiger partial charge in [0.1, 0.15) is 5.82 Å². The number of rotatable bonds is 4. The van der Waals surface area contributed by atoms with Crippen LogP contribution in [0, 0.1) is 5.82 Å². The second kappa shape index (κ2) is 6.68. The molecule has 2 heterocycles. The van der Waals surface area contributed by atoms with E-state index < -0.39 is 9.84 Å². The molecular formula is C17H17FN2O3S. The average Bonchev–Trinajstić information content (AvgIpc) is 2.88. The van der Waals surface area contributed by atoms with Crippen molar-refractivity contribution < 1.29 is 17.6 Å². The van der Waals surface area contributed by atoms with Crippen LogP contribution in [-0.2, 0) is 16.3 Å². The summed E-state index contributed by atoms with van der Waals surface area (Å²) in [6, 6.07) is 9.03. The molecule has 1 aromatic carbocycles. The minimum absolute atomic E-state index is 0.00768. The van der Waals surface area contributed by atoms with E-state index in [0.717, 1.165) is 5.56 Å². The van der Waals surface area contributed by atoms with Crippen LogP contribution in [0.3, 0.4) is 0 Å². The highest BCUT2D eigenvalue weighted by molar-refractivity contribution is 7.91. The average molecular weight is 348 g/mol. The molecule has 0 bridgehead atoms. The summed E-state index contributed by atoms with van der Waals surface area (Å²) >= 11 is 0. The van der Waals surface area contributed by atoms with Gasteiger partial charge in [0.05, 0.1) is 11.5 Å². The van der Waals surface area contributed by atoms with Gasteiger partial charge in [-0.3, -0.25) is 9.78 Å².